The van der Waals surface area contributed by atoms with Gasteiger partial charge in [0.1, 0.15) is 5.82 Å². The largest absolute Gasteiger partial charge is 0.375 e. The van der Waals surface area contributed by atoms with Crippen LogP contribution in [0.4, 0.5) is 10.1 Å². The highest BCUT2D eigenvalue weighted by Gasteiger charge is 2.04. The molecule has 0 spiro atoms. The van der Waals surface area contributed by atoms with Gasteiger partial charge in [0, 0.05) is 14.1 Å². The molecule has 0 radical (unpaired) electrons. The average molecular weight is 181 g/mol. The lowest BCUT2D eigenvalue weighted by Crippen LogP contribution is -2.10. The van der Waals surface area contributed by atoms with Gasteiger partial charge < -0.3 is 4.90 Å². The number of aryl methyl sites for hydroxylation is 1. The lowest BCUT2D eigenvalue weighted by atomic mass is 10.1. The van der Waals surface area contributed by atoms with Gasteiger partial charge in [0.15, 0.2) is 0 Å². The molecule has 0 amide bonds. The van der Waals surface area contributed by atoms with E-state index in [0.29, 0.717) is 5.69 Å². The maximum atomic E-state index is 13.4. The molecule has 0 heterocycles. The zero-order valence-electron chi connectivity index (χ0n) is 8.47. The number of hydrogen-bond acceptors (Lipinski definition) is 1. The van der Waals surface area contributed by atoms with E-state index in [9.17, 15) is 4.39 Å². The average Bonchev–Trinajstić information content (AvgIpc) is 2.04. The van der Waals surface area contributed by atoms with Crippen molar-refractivity contribution in [3.8, 4) is 0 Å². The summed E-state index contributed by atoms with van der Waals surface area (Å²) in [6.45, 7) is 2.10. The van der Waals surface area contributed by atoms with E-state index in [0.717, 1.165) is 18.4 Å². The maximum Gasteiger partial charge on any atom is 0.146 e. The lowest BCUT2D eigenvalue weighted by molar-refractivity contribution is 0.623. The van der Waals surface area contributed by atoms with Crippen molar-refractivity contribution in [2.45, 2.75) is 19.8 Å². The number of rotatable bonds is 3. The summed E-state index contributed by atoms with van der Waals surface area (Å²) in [7, 11) is 3.69. The van der Waals surface area contributed by atoms with Gasteiger partial charge >= 0.3 is 0 Å². The van der Waals surface area contributed by atoms with Gasteiger partial charge in [-0.3, -0.25) is 0 Å². The van der Waals surface area contributed by atoms with E-state index in [1.165, 1.54) is 0 Å². The minimum atomic E-state index is -0.129. The van der Waals surface area contributed by atoms with E-state index >= 15 is 0 Å². The summed E-state index contributed by atoms with van der Waals surface area (Å²) in [6, 6.07) is 5.45. The van der Waals surface area contributed by atoms with E-state index in [1.807, 2.05) is 26.2 Å². The molecule has 0 saturated carbocycles. The number of halogens is 1. The molecule has 1 aromatic rings. The lowest BCUT2D eigenvalue weighted by Gasteiger charge is -2.13. The van der Waals surface area contributed by atoms with Crippen molar-refractivity contribution >= 4 is 5.69 Å². The van der Waals surface area contributed by atoms with Gasteiger partial charge in [-0.25, -0.2) is 4.39 Å². The topological polar surface area (TPSA) is 3.24 Å². The quantitative estimate of drug-likeness (QED) is 0.693. The normalized spacial score (nSPS) is 10.2. The van der Waals surface area contributed by atoms with Crippen molar-refractivity contribution in [3.63, 3.8) is 0 Å². The molecule has 0 atom stereocenters. The Balaban J connectivity index is 2.92. The second-order valence-corrected chi connectivity index (χ2v) is 3.43. The van der Waals surface area contributed by atoms with Crippen LogP contribution in [0.25, 0.3) is 0 Å². The van der Waals surface area contributed by atoms with E-state index in [4.69, 9.17) is 0 Å². The predicted molar refractivity (Wildman–Crippen MR) is 54.7 cm³/mol. The monoisotopic (exact) mass is 181 g/mol. The summed E-state index contributed by atoms with van der Waals surface area (Å²) in [4.78, 5) is 1.78. The Labute approximate surface area is 79.2 Å². The first-order valence-corrected chi connectivity index (χ1v) is 4.61. The Morgan fingerprint density at radius 3 is 2.46 bits per heavy atom. The predicted octanol–water partition coefficient (Wildman–Crippen LogP) is 2.84. The Kier molecular flexibility index (Phi) is 3.29. The highest BCUT2D eigenvalue weighted by molar-refractivity contribution is 5.47. The second-order valence-electron chi connectivity index (χ2n) is 3.43. The van der Waals surface area contributed by atoms with Gasteiger partial charge in [-0.05, 0) is 24.1 Å². The van der Waals surface area contributed by atoms with Crippen molar-refractivity contribution in [2.24, 2.45) is 0 Å². The van der Waals surface area contributed by atoms with Gasteiger partial charge in [-0.2, -0.15) is 0 Å². The van der Waals surface area contributed by atoms with Crippen molar-refractivity contribution in [1.82, 2.24) is 0 Å². The molecule has 13 heavy (non-hydrogen) atoms. The number of anilines is 1. The fourth-order valence-electron chi connectivity index (χ4n) is 1.36. The zero-order chi connectivity index (χ0) is 9.84. The van der Waals surface area contributed by atoms with Crippen molar-refractivity contribution in [1.29, 1.82) is 0 Å². The van der Waals surface area contributed by atoms with Crippen molar-refractivity contribution < 1.29 is 4.39 Å². The standard InChI is InChI=1S/C11H16FN/c1-4-5-9-6-7-11(13(2)3)10(12)8-9/h6-8H,4-5H2,1-3H3. The van der Waals surface area contributed by atoms with Crippen LogP contribution >= 0.6 is 0 Å². The highest BCUT2D eigenvalue weighted by atomic mass is 19.1. The fourth-order valence-corrected chi connectivity index (χ4v) is 1.36. The van der Waals surface area contributed by atoms with Crippen LogP contribution in [0.3, 0.4) is 0 Å². The number of nitrogens with zero attached hydrogens (tertiary/aromatic N) is 1. The summed E-state index contributed by atoms with van der Waals surface area (Å²) in [5, 5.41) is 0. The molecular formula is C11H16FN. The van der Waals surface area contributed by atoms with Crippen LogP contribution in [0.15, 0.2) is 18.2 Å². The Hall–Kier alpha value is -1.05. The van der Waals surface area contributed by atoms with Gasteiger partial charge in [-0.15, -0.1) is 0 Å². The van der Waals surface area contributed by atoms with Crippen molar-refractivity contribution in [2.75, 3.05) is 19.0 Å². The number of hydrogen-bond donors (Lipinski definition) is 0. The molecule has 1 aromatic carbocycles. The summed E-state index contributed by atoms with van der Waals surface area (Å²) >= 11 is 0. The van der Waals surface area contributed by atoms with Crippen LogP contribution in [-0.4, -0.2) is 14.1 Å². The van der Waals surface area contributed by atoms with E-state index in [1.54, 1.807) is 11.0 Å². The molecular weight excluding hydrogens is 165 g/mol. The molecule has 0 aliphatic carbocycles. The Morgan fingerprint density at radius 2 is 2.00 bits per heavy atom. The first-order chi connectivity index (χ1) is 6.15. The van der Waals surface area contributed by atoms with Crippen LogP contribution in [0.5, 0.6) is 0 Å². The molecule has 0 fully saturated rings. The smallest absolute Gasteiger partial charge is 0.146 e. The van der Waals surface area contributed by atoms with Gasteiger partial charge in [0.05, 0.1) is 5.69 Å². The summed E-state index contributed by atoms with van der Waals surface area (Å²) in [6.07, 6.45) is 2.01. The molecule has 0 aliphatic rings. The van der Waals surface area contributed by atoms with E-state index in [2.05, 4.69) is 6.92 Å². The van der Waals surface area contributed by atoms with Crippen LogP contribution in [0.1, 0.15) is 18.9 Å². The molecule has 72 valence electrons. The second kappa shape index (κ2) is 4.26. The highest BCUT2D eigenvalue weighted by Crippen LogP contribution is 2.18. The summed E-state index contributed by atoms with van der Waals surface area (Å²) < 4.78 is 13.4. The molecule has 1 rings (SSSR count). The van der Waals surface area contributed by atoms with Gasteiger partial charge in [-0.1, -0.05) is 19.4 Å². The fraction of sp³-hybridized carbons (Fsp3) is 0.455. The molecule has 0 bridgehead atoms. The molecule has 0 saturated heterocycles. The summed E-state index contributed by atoms with van der Waals surface area (Å²) in [5.41, 5.74) is 1.73. The molecule has 1 nitrogen and oxygen atoms in total. The Bertz CT molecular complexity index is 281. The molecule has 0 aromatic heterocycles. The summed E-state index contributed by atoms with van der Waals surface area (Å²) in [5.74, 6) is -0.129. The minimum Gasteiger partial charge on any atom is -0.375 e. The maximum absolute atomic E-state index is 13.4. The first-order valence-electron chi connectivity index (χ1n) is 4.61. The van der Waals surface area contributed by atoms with Gasteiger partial charge in [0.2, 0.25) is 0 Å². The van der Waals surface area contributed by atoms with Crippen LogP contribution in [-0.2, 0) is 6.42 Å². The molecule has 2 heteroatoms. The minimum absolute atomic E-state index is 0.129. The van der Waals surface area contributed by atoms with Crippen LogP contribution in [0.2, 0.25) is 0 Å². The third-order valence-electron chi connectivity index (χ3n) is 2.03. The van der Waals surface area contributed by atoms with Crippen molar-refractivity contribution in [3.05, 3.63) is 29.6 Å². The van der Waals surface area contributed by atoms with Gasteiger partial charge in [0.25, 0.3) is 0 Å². The number of benzene rings is 1. The third-order valence-corrected chi connectivity index (χ3v) is 2.03. The first kappa shape index (κ1) is 10.0. The van der Waals surface area contributed by atoms with E-state index in [-0.39, 0.29) is 5.82 Å². The van der Waals surface area contributed by atoms with Crippen LogP contribution in [0, 0.1) is 5.82 Å². The van der Waals surface area contributed by atoms with E-state index < -0.39 is 0 Å². The zero-order valence-corrected chi connectivity index (χ0v) is 8.47. The molecule has 0 N–H and O–H groups in total. The van der Waals surface area contributed by atoms with Crippen LogP contribution < -0.4 is 4.90 Å². The molecule has 0 aliphatic heterocycles. The SMILES string of the molecule is CCCc1ccc(N(C)C)c(F)c1. The third kappa shape index (κ3) is 2.44. The molecule has 0 unspecified atom stereocenters. The Morgan fingerprint density at radius 1 is 1.31 bits per heavy atom.